The van der Waals surface area contributed by atoms with E-state index in [2.05, 4.69) is 0 Å². The van der Waals surface area contributed by atoms with Crippen LogP contribution in [0.5, 0.6) is 23.0 Å². The van der Waals surface area contributed by atoms with Crippen LogP contribution in [0.15, 0.2) is 48.5 Å². The third-order valence-electron chi connectivity index (χ3n) is 7.06. The Labute approximate surface area is 254 Å². The molecule has 1 heterocycles. The summed E-state index contributed by atoms with van der Waals surface area (Å²) >= 11 is 0. The van der Waals surface area contributed by atoms with E-state index >= 15 is 0 Å². The molecule has 0 radical (unpaired) electrons. The number of aromatic hydroxyl groups is 2. The van der Waals surface area contributed by atoms with Crippen LogP contribution in [0.3, 0.4) is 0 Å². The quantitative estimate of drug-likeness (QED) is 0.106. The van der Waals surface area contributed by atoms with Gasteiger partial charge in [0.2, 0.25) is 0 Å². The fourth-order valence-corrected chi connectivity index (χ4v) is 5.37. The van der Waals surface area contributed by atoms with E-state index < -0.39 is 86.5 Å². The minimum absolute atomic E-state index is 0.0410. The van der Waals surface area contributed by atoms with Crippen LogP contribution in [0, 0.1) is 0 Å². The number of carboxylic acids is 5. The second-order valence-corrected chi connectivity index (χ2v) is 10.3. The molecule has 1 aliphatic rings. The van der Waals surface area contributed by atoms with Crippen molar-refractivity contribution in [2.45, 2.75) is 19.0 Å². The Morgan fingerprint density at radius 1 is 0.578 bits per heavy atom. The van der Waals surface area contributed by atoms with Gasteiger partial charge in [0.25, 0.3) is 0 Å². The zero-order chi connectivity index (χ0) is 33.0. The summed E-state index contributed by atoms with van der Waals surface area (Å²) in [4.78, 5) is 60.3. The van der Waals surface area contributed by atoms with E-state index in [9.17, 15) is 59.7 Å². The van der Waals surface area contributed by atoms with E-state index in [-0.39, 0.29) is 33.8 Å². The van der Waals surface area contributed by atoms with E-state index in [1.165, 1.54) is 36.4 Å². The van der Waals surface area contributed by atoms with Crippen molar-refractivity contribution in [1.29, 1.82) is 0 Å². The van der Waals surface area contributed by atoms with Crippen LogP contribution in [0.1, 0.15) is 44.1 Å². The number of hydrogen-bond acceptors (Lipinski definition) is 10. The molecular weight excluding hydrogens is 596 g/mol. The first kappa shape index (κ1) is 32.2. The van der Waals surface area contributed by atoms with E-state index in [4.69, 9.17) is 4.74 Å². The van der Waals surface area contributed by atoms with Crippen molar-refractivity contribution in [3.05, 3.63) is 81.9 Å². The molecule has 236 valence electrons. The zero-order valence-corrected chi connectivity index (χ0v) is 23.4. The van der Waals surface area contributed by atoms with Crippen molar-refractivity contribution in [2.24, 2.45) is 0 Å². The number of hydrogen-bond donors (Lipinski definition) is 7. The molecule has 3 aromatic carbocycles. The van der Waals surface area contributed by atoms with Gasteiger partial charge >= 0.3 is 29.8 Å². The van der Waals surface area contributed by atoms with E-state index in [0.29, 0.717) is 11.1 Å². The molecular formula is C30H28N2O13. The van der Waals surface area contributed by atoms with Crippen LogP contribution >= 0.6 is 0 Å². The minimum atomic E-state index is -1.34. The van der Waals surface area contributed by atoms with Crippen LogP contribution in [0.2, 0.25) is 0 Å². The number of carbonyl (C=O) groups is 5. The van der Waals surface area contributed by atoms with Gasteiger partial charge in [-0.1, -0.05) is 30.3 Å². The third kappa shape index (κ3) is 7.29. The molecule has 7 N–H and O–H groups in total. The van der Waals surface area contributed by atoms with Gasteiger partial charge in [-0.2, -0.15) is 0 Å². The summed E-state index contributed by atoms with van der Waals surface area (Å²) in [5.74, 6) is -8.53. The average Bonchev–Trinajstić information content (AvgIpc) is 2.93. The van der Waals surface area contributed by atoms with Gasteiger partial charge in [-0.15, -0.1) is 0 Å². The van der Waals surface area contributed by atoms with Crippen molar-refractivity contribution in [3.63, 3.8) is 0 Å². The summed E-state index contributed by atoms with van der Waals surface area (Å²) in [6, 6.07) is 11.5. The lowest BCUT2D eigenvalue weighted by atomic mass is 9.79. The number of fused-ring (bicyclic) bond motifs is 2. The molecule has 3 aromatic rings. The first-order valence-corrected chi connectivity index (χ1v) is 13.3. The summed E-state index contributed by atoms with van der Waals surface area (Å²) < 4.78 is 6.26. The van der Waals surface area contributed by atoms with E-state index in [0.717, 1.165) is 9.80 Å². The number of carboxylic acid groups (broad SMARTS) is 5. The summed E-state index contributed by atoms with van der Waals surface area (Å²) in [6.45, 7) is -3.75. The van der Waals surface area contributed by atoms with Crippen LogP contribution in [0.4, 0.5) is 0 Å². The molecule has 0 spiro atoms. The smallest absolute Gasteiger partial charge is 0.335 e. The molecule has 0 aromatic heterocycles. The highest BCUT2D eigenvalue weighted by atomic mass is 16.5. The standard InChI is InChI=1S/C30H28N2O13/c33-21-7-5-17-27(15-3-1-2-4-16(15)30(43)44)18-6-8-22(34)20(10-32(13-25(39)40)14-26(41)42)29(18)45-28(17)19(21)9-31(11-23(35)36)12-24(37)38/h1-8,27,33-34H,9-14H2,(H,35,36)(H,37,38)(H,39,40)(H,41,42)(H,43,44). The van der Waals surface area contributed by atoms with Gasteiger partial charge in [-0.05, 0) is 23.8 Å². The second kappa shape index (κ2) is 13.3. The van der Waals surface area contributed by atoms with Gasteiger partial charge in [0.15, 0.2) is 0 Å². The highest BCUT2D eigenvalue weighted by molar-refractivity contribution is 5.90. The van der Waals surface area contributed by atoms with E-state index in [1.54, 1.807) is 12.1 Å². The number of ether oxygens (including phenoxy) is 1. The first-order valence-electron chi connectivity index (χ1n) is 13.3. The Bertz CT molecular complexity index is 1560. The van der Waals surface area contributed by atoms with Crippen molar-refractivity contribution in [3.8, 4) is 23.0 Å². The third-order valence-corrected chi connectivity index (χ3v) is 7.06. The van der Waals surface area contributed by atoms with Crippen molar-refractivity contribution in [2.75, 3.05) is 26.2 Å². The molecule has 0 amide bonds. The zero-order valence-electron chi connectivity index (χ0n) is 23.4. The molecule has 0 saturated heterocycles. The molecule has 45 heavy (non-hydrogen) atoms. The molecule has 15 heteroatoms. The monoisotopic (exact) mass is 624 g/mol. The van der Waals surface area contributed by atoms with E-state index in [1.807, 2.05) is 0 Å². The lowest BCUT2D eigenvalue weighted by Crippen LogP contribution is -2.34. The highest BCUT2D eigenvalue weighted by Gasteiger charge is 2.36. The number of benzene rings is 3. The van der Waals surface area contributed by atoms with Crippen molar-refractivity contribution >= 4 is 29.8 Å². The molecule has 4 rings (SSSR count). The number of aromatic carboxylic acids is 1. The predicted octanol–water partition coefficient (Wildman–Crippen LogP) is 2.02. The second-order valence-electron chi connectivity index (χ2n) is 10.3. The van der Waals surface area contributed by atoms with Crippen LogP contribution < -0.4 is 4.74 Å². The predicted molar refractivity (Wildman–Crippen MR) is 152 cm³/mol. The van der Waals surface area contributed by atoms with Crippen LogP contribution in [-0.4, -0.2) is 102 Å². The van der Waals surface area contributed by atoms with Gasteiger partial charge < -0.3 is 40.5 Å². The number of phenols is 2. The highest BCUT2D eigenvalue weighted by Crippen LogP contribution is 2.53. The number of phenolic OH excluding ortho intramolecular Hbond substituents is 2. The Kier molecular flexibility index (Phi) is 9.54. The van der Waals surface area contributed by atoms with Gasteiger partial charge in [0.05, 0.1) is 42.9 Å². The van der Waals surface area contributed by atoms with Gasteiger partial charge in [-0.25, -0.2) is 4.79 Å². The Morgan fingerprint density at radius 3 is 1.36 bits per heavy atom. The minimum Gasteiger partial charge on any atom is -0.507 e. The lowest BCUT2D eigenvalue weighted by molar-refractivity contribution is -0.144. The maximum absolute atomic E-state index is 12.3. The maximum Gasteiger partial charge on any atom is 0.335 e. The van der Waals surface area contributed by atoms with Gasteiger partial charge in [-0.3, -0.25) is 29.0 Å². The van der Waals surface area contributed by atoms with Crippen molar-refractivity contribution in [1.82, 2.24) is 9.80 Å². The Hall–Kier alpha value is -5.67. The van der Waals surface area contributed by atoms with Crippen molar-refractivity contribution < 1.29 is 64.5 Å². The van der Waals surface area contributed by atoms with Crippen LogP contribution in [0.25, 0.3) is 0 Å². The lowest BCUT2D eigenvalue weighted by Gasteiger charge is -2.34. The Morgan fingerprint density at radius 2 is 0.978 bits per heavy atom. The molecule has 0 saturated carbocycles. The summed E-state index contributed by atoms with van der Waals surface area (Å²) in [7, 11) is 0. The molecule has 0 bridgehead atoms. The normalized spacial score (nSPS) is 12.3. The molecule has 0 atom stereocenters. The van der Waals surface area contributed by atoms with Gasteiger partial charge in [0, 0.05) is 30.1 Å². The van der Waals surface area contributed by atoms with Crippen LogP contribution in [-0.2, 0) is 32.3 Å². The summed E-state index contributed by atoms with van der Waals surface area (Å²) in [5, 5.41) is 69.3. The molecule has 15 nitrogen and oxygen atoms in total. The molecule has 1 aliphatic heterocycles. The number of nitrogens with zero attached hydrogens (tertiary/aromatic N) is 2. The Balaban J connectivity index is 1.98. The molecule has 0 unspecified atom stereocenters. The fourth-order valence-electron chi connectivity index (χ4n) is 5.37. The number of rotatable bonds is 14. The van der Waals surface area contributed by atoms with Gasteiger partial charge in [0.1, 0.15) is 23.0 Å². The maximum atomic E-state index is 12.3. The molecule has 0 fully saturated rings. The molecule has 0 aliphatic carbocycles. The topological polar surface area (TPSA) is 243 Å². The fraction of sp³-hybridized carbons (Fsp3) is 0.233. The average molecular weight is 625 g/mol. The summed E-state index contributed by atoms with van der Waals surface area (Å²) in [6.07, 6.45) is 0. The largest absolute Gasteiger partial charge is 0.507 e. The first-order chi connectivity index (χ1) is 21.3. The SMILES string of the molecule is O=C(O)CN(CC(=O)O)Cc1c(O)ccc2c1Oc1c(ccc(O)c1CN(CC(=O)O)CC(=O)O)C2c1ccccc1C(=O)O. The number of aliphatic carboxylic acids is 4. The summed E-state index contributed by atoms with van der Waals surface area (Å²) in [5.41, 5.74) is 0.729.